The minimum atomic E-state index is -0.252. The maximum absolute atomic E-state index is 11.9. The fourth-order valence-electron chi connectivity index (χ4n) is 2.82. The van der Waals surface area contributed by atoms with E-state index in [2.05, 4.69) is 5.32 Å². The van der Waals surface area contributed by atoms with Crippen LogP contribution in [0.15, 0.2) is 27.4 Å². The third-order valence-electron chi connectivity index (χ3n) is 3.89. The number of fused-ring (bicyclic) bond motifs is 3. The molecular formula is C17H19NO4. The van der Waals surface area contributed by atoms with Crippen LogP contribution in [-0.2, 0) is 17.6 Å². The van der Waals surface area contributed by atoms with Gasteiger partial charge in [-0.15, -0.1) is 0 Å². The second-order valence-electron chi connectivity index (χ2n) is 5.50. The molecule has 0 aliphatic heterocycles. The zero-order valence-corrected chi connectivity index (χ0v) is 12.6. The highest BCUT2D eigenvalue weighted by atomic mass is 16.5. The van der Waals surface area contributed by atoms with Gasteiger partial charge >= 0.3 is 5.63 Å². The van der Waals surface area contributed by atoms with Gasteiger partial charge in [0.05, 0.1) is 0 Å². The number of hydrogen-bond acceptors (Lipinski definition) is 4. The van der Waals surface area contributed by atoms with Crippen LogP contribution in [0.25, 0.3) is 11.0 Å². The third kappa shape index (κ3) is 2.84. The Kier molecular flexibility index (Phi) is 4.13. The number of carbonyl (C=O) groups is 1. The average molecular weight is 301 g/mol. The minimum absolute atomic E-state index is 0.0410. The highest BCUT2D eigenvalue weighted by Crippen LogP contribution is 2.29. The number of rotatable bonds is 5. The van der Waals surface area contributed by atoms with Gasteiger partial charge in [0.25, 0.3) is 5.91 Å². The monoisotopic (exact) mass is 301 g/mol. The van der Waals surface area contributed by atoms with Crippen molar-refractivity contribution in [2.45, 2.75) is 32.6 Å². The highest BCUT2D eigenvalue weighted by Gasteiger charge is 2.19. The van der Waals surface area contributed by atoms with E-state index in [1.807, 2.05) is 19.1 Å². The van der Waals surface area contributed by atoms with Crippen LogP contribution in [0.1, 0.15) is 30.9 Å². The van der Waals surface area contributed by atoms with Crippen LogP contribution in [0.2, 0.25) is 0 Å². The Morgan fingerprint density at radius 2 is 2.14 bits per heavy atom. The largest absolute Gasteiger partial charge is 0.484 e. The van der Waals surface area contributed by atoms with Gasteiger partial charge in [-0.2, -0.15) is 0 Å². The first-order valence-electron chi connectivity index (χ1n) is 7.67. The zero-order valence-electron chi connectivity index (χ0n) is 12.6. The first-order chi connectivity index (χ1) is 10.7. The average Bonchev–Trinajstić information content (AvgIpc) is 3.01. The van der Waals surface area contributed by atoms with Crippen LogP contribution in [0.5, 0.6) is 5.75 Å². The van der Waals surface area contributed by atoms with Crippen molar-refractivity contribution in [1.29, 1.82) is 0 Å². The Morgan fingerprint density at radius 3 is 2.95 bits per heavy atom. The van der Waals surface area contributed by atoms with Gasteiger partial charge in [-0.1, -0.05) is 6.92 Å². The second kappa shape index (κ2) is 6.22. The van der Waals surface area contributed by atoms with E-state index in [9.17, 15) is 9.59 Å². The molecule has 0 spiro atoms. The van der Waals surface area contributed by atoms with Crippen molar-refractivity contribution in [1.82, 2.24) is 5.32 Å². The van der Waals surface area contributed by atoms with Gasteiger partial charge in [0.1, 0.15) is 11.3 Å². The molecule has 0 bridgehead atoms. The van der Waals surface area contributed by atoms with Crippen LogP contribution < -0.4 is 15.7 Å². The summed E-state index contributed by atoms with van der Waals surface area (Å²) in [6.07, 6.45) is 3.59. The summed E-state index contributed by atoms with van der Waals surface area (Å²) in [5.41, 5.74) is 2.17. The van der Waals surface area contributed by atoms with Crippen molar-refractivity contribution in [3.8, 4) is 5.75 Å². The van der Waals surface area contributed by atoms with E-state index in [1.54, 1.807) is 6.07 Å². The van der Waals surface area contributed by atoms with E-state index >= 15 is 0 Å². The van der Waals surface area contributed by atoms with Crippen molar-refractivity contribution in [3.63, 3.8) is 0 Å². The molecule has 0 atom stereocenters. The van der Waals surface area contributed by atoms with Gasteiger partial charge in [0.15, 0.2) is 6.61 Å². The van der Waals surface area contributed by atoms with Gasteiger partial charge in [-0.3, -0.25) is 4.79 Å². The fraction of sp³-hybridized carbons (Fsp3) is 0.412. The van der Waals surface area contributed by atoms with Crippen LogP contribution >= 0.6 is 0 Å². The first-order valence-corrected chi connectivity index (χ1v) is 7.67. The standard InChI is InChI=1S/C17H19NO4/c1-2-8-18-16(19)10-21-11-6-7-13-12-4-3-5-14(12)17(20)22-15(13)9-11/h6-7,9H,2-5,8,10H2,1H3,(H,18,19). The van der Waals surface area contributed by atoms with Crippen molar-refractivity contribution in [3.05, 3.63) is 39.7 Å². The molecule has 0 unspecified atom stereocenters. The van der Waals surface area contributed by atoms with E-state index in [0.29, 0.717) is 17.9 Å². The number of hydrogen-bond donors (Lipinski definition) is 1. The van der Waals surface area contributed by atoms with Crippen LogP contribution in [0.4, 0.5) is 0 Å². The predicted octanol–water partition coefficient (Wildman–Crippen LogP) is 2.19. The van der Waals surface area contributed by atoms with Crippen molar-refractivity contribution in [2.75, 3.05) is 13.2 Å². The fourth-order valence-corrected chi connectivity index (χ4v) is 2.82. The number of ether oxygens (including phenoxy) is 1. The molecule has 1 aliphatic rings. The molecule has 2 aromatic rings. The molecule has 0 radical (unpaired) electrons. The van der Waals surface area contributed by atoms with Crippen LogP contribution in [0, 0.1) is 0 Å². The Hall–Kier alpha value is -2.30. The van der Waals surface area contributed by atoms with Gasteiger partial charge < -0.3 is 14.5 Å². The molecule has 5 nitrogen and oxygen atoms in total. The Morgan fingerprint density at radius 1 is 1.32 bits per heavy atom. The zero-order chi connectivity index (χ0) is 15.5. The summed E-state index contributed by atoms with van der Waals surface area (Å²) in [5.74, 6) is 0.373. The molecule has 5 heteroatoms. The number of carbonyl (C=O) groups excluding carboxylic acids is 1. The topological polar surface area (TPSA) is 68.5 Å². The molecule has 3 rings (SSSR count). The molecule has 1 aromatic carbocycles. The number of benzene rings is 1. The smallest absolute Gasteiger partial charge is 0.339 e. The maximum Gasteiger partial charge on any atom is 0.339 e. The van der Waals surface area contributed by atoms with Crippen molar-refractivity contribution < 1.29 is 13.9 Å². The predicted molar refractivity (Wildman–Crippen MR) is 83.3 cm³/mol. The van der Waals surface area contributed by atoms with Crippen molar-refractivity contribution in [2.24, 2.45) is 0 Å². The molecule has 116 valence electrons. The molecule has 0 fully saturated rings. The summed E-state index contributed by atoms with van der Waals surface area (Å²) in [6, 6.07) is 5.40. The Balaban J connectivity index is 1.80. The quantitative estimate of drug-likeness (QED) is 0.860. The summed E-state index contributed by atoms with van der Waals surface area (Å²) in [4.78, 5) is 23.5. The van der Waals surface area contributed by atoms with Gasteiger partial charge in [-0.25, -0.2) is 4.79 Å². The summed E-state index contributed by atoms with van der Waals surface area (Å²) in [5, 5.41) is 3.71. The molecular weight excluding hydrogens is 282 g/mol. The molecule has 22 heavy (non-hydrogen) atoms. The number of aryl methyl sites for hydroxylation is 1. The highest BCUT2D eigenvalue weighted by molar-refractivity contribution is 5.83. The number of amides is 1. The van der Waals surface area contributed by atoms with E-state index < -0.39 is 0 Å². The van der Waals surface area contributed by atoms with E-state index in [4.69, 9.17) is 9.15 Å². The van der Waals surface area contributed by atoms with E-state index in [1.165, 1.54) is 0 Å². The first kappa shape index (κ1) is 14.6. The molecule has 1 aliphatic carbocycles. The Labute approximate surface area is 128 Å². The second-order valence-corrected chi connectivity index (χ2v) is 5.50. The summed E-state index contributed by atoms with van der Waals surface area (Å²) in [7, 11) is 0. The molecule has 0 saturated heterocycles. The van der Waals surface area contributed by atoms with Gasteiger partial charge in [-0.05, 0) is 43.4 Å². The lowest BCUT2D eigenvalue weighted by Crippen LogP contribution is -2.29. The molecule has 0 saturated carbocycles. The Bertz CT molecular complexity index is 763. The lowest BCUT2D eigenvalue weighted by atomic mass is 10.1. The summed E-state index contributed by atoms with van der Waals surface area (Å²) >= 11 is 0. The van der Waals surface area contributed by atoms with Crippen molar-refractivity contribution >= 4 is 16.9 Å². The lowest BCUT2D eigenvalue weighted by Gasteiger charge is -2.08. The van der Waals surface area contributed by atoms with E-state index in [0.717, 1.165) is 42.2 Å². The molecule has 1 aromatic heterocycles. The summed E-state index contributed by atoms with van der Waals surface area (Å²) < 4.78 is 10.8. The maximum atomic E-state index is 11.9. The van der Waals surface area contributed by atoms with Crippen LogP contribution in [-0.4, -0.2) is 19.1 Å². The number of nitrogens with one attached hydrogen (secondary N) is 1. The van der Waals surface area contributed by atoms with E-state index in [-0.39, 0.29) is 18.1 Å². The normalized spacial score (nSPS) is 13.1. The molecule has 1 N–H and O–H groups in total. The lowest BCUT2D eigenvalue weighted by molar-refractivity contribution is -0.123. The van der Waals surface area contributed by atoms with Crippen LogP contribution in [0.3, 0.4) is 0 Å². The van der Waals surface area contributed by atoms with Gasteiger partial charge in [0.2, 0.25) is 0 Å². The SMILES string of the molecule is CCCNC(=O)COc1ccc2c3c(c(=O)oc2c1)CCC3. The summed E-state index contributed by atoms with van der Waals surface area (Å²) in [6.45, 7) is 2.59. The van der Waals surface area contributed by atoms with Gasteiger partial charge in [0, 0.05) is 23.6 Å². The molecule has 1 amide bonds. The minimum Gasteiger partial charge on any atom is -0.484 e. The molecule has 1 heterocycles. The third-order valence-corrected chi connectivity index (χ3v) is 3.89.